The summed E-state index contributed by atoms with van der Waals surface area (Å²) in [6.07, 6.45) is 0.657. The molecule has 0 saturated carbocycles. The summed E-state index contributed by atoms with van der Waals surface area (Å²) >= 11 is 0. The fourth-order valence-electron chi connectivity index (χ4n) is 3.68. The van der Waals surface area contributed by atoms with Crippen molar-refractivity contribution in [2.45, 2.75) is 29.7 Å². The van der Waals surface area contributed by atoms with Crippen LogP contribution in [-0.4, -0.2) is 66.5 Å². The van der Waals surface area contributed by atoms with E-state index in [0.717, 1.165) is 24.3 Å². The highest BCUT2D eigenvalue weighted by Crippen LogP contribution is 2.41. The molecule has 0 radical (unpaired) electrons. The summed E-state index contributed by atoms with van der Waals surface area (Å²) in [6, 6.07) is 1.50. The SMILES string of the molecule is CS(=O)(=O)C1(F)C(c2cccc(F)c2)=CC=CC1NC(=O)[C@@H]1C[C@@H](F)CN1C(=O)O. The first-order valence-corrected chi connectivity index (χ1v) is 10.8. The molecule has 1 heterocycles. The number of alkyl halides is 2. The van der Waals surface area contributed by atoms with Crippen LogP contribution in [0.3, 0.4) is 0 Å². The number of hydrogen-bond acceptors (Lipinski definition) is 4. The maximum atomic E-state index is 16.2. The van der Waals surface area contributed by atoms with Gasteiger partial charge in [-0.05, 0) is 17.7 Å². The minimum absolute atomic E-state index is 0.0385. The molecular weight excluding hydrogens is 425 g/mol. The van der Waals surface area contributed by atoms with Gasteiger partial charge in [0.2, 0.25) is 5.91 Å². The molecule has 0 spiro atoms. The molecule has 2 unspecified atom stereocenters. The van der Waals surface area contributed by atoms with Gasteiger partial charge in [0.05, 0.1) is 6.54 Å². The zero-order chi connectivity index (χ0) is 22.3. The Morgan fingerprint density at radius 1 is 1.33 bits per heavy atom. The van der Waals surface area contributed by atoms with E-state index < -0.39 is 63.9 Å². The van der Waals surface area contributed by atoms with Crippen molar-refractivity contribution in [3.63, 3.8) is 0 Å². The monoisotopic (exact) mass is 444 g/mol. The predicted octanol–water partition coefficient (Wildman–Crippen LogP) is 2.06. The van der Waals surface area contributed by atoms with Crippen molar-refractivity contribution in [3.05, 3.63) is 53.9 Å². The van der Waals surface area contributed by atoms with Gasteiger partial charge in [-0.3, -0.25) is 9.69 Å². The first kappa shape index (κ1) is 21.9. The quantitative estimate of drug-likeness (QED) is 0.740. The number of sulfone groups is 1. The Kier molecular flexibility index (Phi) is 5.68. The molecule has 0 aromatic heterocycles. The van der Waals surface area contributed by atoms with Crippen molar-refractivity contribution >= 4 is 27.4 Å². The molecule has 4 atom stereocenters. The molecule has 2 aliphatic rings. The highest BCUT2D eigenvalue weighted by atomic mass is 32.2. The maximum Gasteiger partial charge on any atom is 0.408 e. The molecule has 1 saturated heterocycles. The molecule has 1 aromatic carbocycles. The number of carbonyl (C=O) groups excluding carboxylic acids is 1. The average molecular weight is 444 g/mol. The van der Waals surface area contributed by atoms with Crippen LogP contribution < -0.4 is 5.32 Å². The molecule has 1 aliphatic carbocycles. The number of nitrogens with zero attached hydrogens (tertiary/aromatic N) is 1. The number of likely N-dealkylation sites (tertiary alicyclic amines) is 1. The Labute approximate surface area is 170 Å². The van der Waals surface area contributed by atoms with Crippen molar-refractivity contribution in [2.75, 3.05) is 12.8 Å². The van der Waals surface area contributed by atoms with E-state index in [1.165, 1.54) is 18.2 Å². The van der Waals surface area contributed by atoms with E-state index in [9.17, 15) is 26.8 Å². The molecule has 30 heavy (non-hydrogen) atoms. The predicted molar refractivity (Wildman–Crippen MR) is 102 cm³/mol. The van der Waals surface area contributed by atoms with Crippen molar-refractivity contribution < 1.29 is 36.3 Å². The number of carboxylic acid groups (broad SMARTS) is 1. The van der Waals surface area contributed by atoms with E-state index in [0.29, 0.717) is 11.2 Å². The second kappa shape index (κ2) is 7.78. The van der Waals surface area contributed by atoms with E-state index in [1.807, 2.05) is 0 Å². The van der Waals surface area contributed by atoms with Crippen LogP contribution in [-0.2, 0) is 14.6 Å². The number of nitrogens with one attached hydrogen (secondary N) is 1. The van der Waals surface area contributed by atoms with Crippen LogP contribution in [0.4, 0.5) is 18.0 Å². The zero-order valence-electron chi connectivity index (χ0n) is 15.8. The number of halogens is 3. The molecule has 0 bridgehead atoms. The van der Waals surface area contributed by atoms with E-state index in [2.05, 4.69) is 5.32 Å². The van der Waals surface area contributed by atoms with Crippen molar-refractivity contribution in [1.29, 1.82) is 0 Å². The summed E-state index contributed by atoms with van der Waals surface area (Å²) < 4.78 is 68.4. The molecule has 11 heteroatoms. The molecule has 2 amide bonds. The normalized spacial score (nSPS) is 28.9. The summed E-state index contributed by atoms with van der Waals surface area (Å²) in [6.45, 7) is -0.519. The summed E-state index contributed by atoms with van der Waals surface area (Å²) in [5.74, 6) is -1.74. The second-order valence-corrected chi connectivity index (χ2v) is 9.30. The largest absolute Gasteiger partial charge is 0.465 e. The first-order valence-electron chi connectivity index (χ1n) is 8.92. The summed E-state index contributed by atoms with van der Waals surface area (Å²) in [5, 5.41) is 8.19. The van der Waals surface area contributed by atoms with Crippen LogP contribution in [0.1, 0.15) is 12.0 Å². The van der Waals surface area contributed by atoms with Crippen LogP contribution >= 0.6 is 0 Å². The van der Waals surface area contributed by atoms with E-state index >= 15 is 4.39 Å². The third-order valence-electron chi connectivity index (χ3n) is 5.11. The van der Waals surface area contributed by atoms with Crippen LogP contribution in [0.2, 0.25) is 0 Å². The van der Waals surface area contributed by atoms with Gasteiger partial charge < -0.3 is 10.4 Å². The van der Waals surface area contributed by atoms with Gasteiger partial charge in [-0.2, -0.15) is 0 Å². The van der Waals surface area contributed by atoms with Gasteiger partial charge in [0.1, 0.15) is 24.1 Å². The minimum atomic E-state index is -4.52. The highest BCUT2D eigenvalue weighted by Gasteiger charge is 2.54. The van der Waals surface area contributed by atoms with Gasteiger partial charge >= 0.3 is 6.09 Å². The second-order valence-electron chi connectivity index (χ2n) is 7.16. The fraction of sp³-hybridized carbons (Fsp3) is 0.368. The maximum absolute atomic E-state index is 16.2. The zero-order valence-corrected chi connectivity index (χ0v) is 16.6. The lowest BCUT2D eigenvalue weighted by atomic mass is 9.91. The summed E-state index contributed by atoms with van der Waals surface area (Å²) in [5.41, 5.74) is -0.425. The van der Waals surface area contributed by atoms with Crippen molar-refractivity contribution in [1.82, 2.24) is 10.2 Å². The van der Waals surface area contributed by atoms with Gasteiger partial charge in [-0.15, -0.1) is 0 Å². The van der Waals surface area contributed by atoms with Crippen LogP contribution in [0, 0.1) is 5.82 Å². The standard InChI is InChI=1S/C19H19F3N2O5S/c1-30(28,29)19(22)14(11-4-2-5-12(20)8-11)6-3-7-16(19)23-17(25)15-9-13(21)10-24(15)18(26)27/h2-8,13,15-16H,9-10H2,1H3,(H,23,25)(H,26,27)/t13-,15+,16?,19?/m1/s1. The third kappa shape index (κ3) is 3.81. The Morgan fingerprint density at radius 3 is 2.63 bits per heavy atom. The number of carbonyl (C=O) groups is 2. The van der Waals surface area contributed by atoms with Crippen molar-refractivity contribution in [3.8, 4) is 0 Å². The van der Waals surface area contributed by atoms with Gasteiger partial charge in [-0.1, -0.05) is 30.4 Å². The molecule has 3 rings (SSSR count). The Hall–Kier alpha value is -2.82. The lowest BCUT2D eigenvalue weighted by Crippen LogP contribution is -2.57. The van der Waals surface area contributed by atoms with E-state index in [-0.39, 0.29) is 11.1 Å². The Bertz CT molecular complexity index is 1040. The van der Waals surface area contributed by atoms with Crippen molar-refractivity contribution in [2.24, 2.45) is 0 Å². The lowest BCUT2D eigenvalue weighted by Gasteiger charge is -2.36. The highest BCUT2D eigenvalue weighted by molar-refractivity contribution is 7.92. The summed E-state index contributed by atoms with van der Waals surface area (Å²) in [4.78, 5) is 24.5. The number of amides is 2. The summed E-state index contributed by atoms with van der Waals surface area (Å²) in [7, 11) is -4.52. The number of hydrogen-bond donors (Lipinski definition) is 2. The molecule has 1 aliphatic heterocycles. The van der Waals surface area contributed by atoms with Gasteiger partial charge in [-0.25, -0.2) is 26.4 Å². The van der Waals surface area contributed by atoms with E-state index in [1.54, 1.807) is 0 Å². The Balaban J connectivity index is 1.97. The van der Waals surface area contributed by atoms with Crippen LogP contribution in [0.15, 0.2) is 42.5 Å². The topological polar surface area (TPSA) is 104 Å². The lowest BCUT2D eigenvalue weighted by molar-refractivity contribution is -0.125. The molecule has 2 N–H and O–H groups in total. The number of rotatable bonds is 4. The fourth-order valence-corrected chi connectivity index (χ4v) is 4.87. The molecule has 7 nitrogen and oxygen atoms in total. The van der Waals surface area contributed by atoms with Gasteiger partial charge in [0, 0.05) is 18.2 Å². The van der Waals surface area contributed by atoms with E-state index in [4.69, 9.17) is 5.11 Å². The smallest absolute Gasteiger partial charge is 0.408 e. The minimum Gasteiger partial charge on any atom is -0.465 e. The van der Waals surface area contributed by atoms with Gasteiger partial charge in [0.15, 0.2) is 9.84 Å². The van der Waals surface area contributed by atoms with Gasteiger partial charge in [0.25, 0.3) is 5.00 Å². The van der Waals surface area contributed by atoms with Crippen LogP contribution in [0.25, 0.3) is 5.57 Å². The average Bonchev–Trinajstić information content (AvgIpc) is 3.05. The molecule has 1 fully saturated rings. The molecular formula is C19H19F3N2O5S. The number of allylic oxidation sites excluding steroid dienone is 2. The number of benzene rings is 1. The third-order valence-corrected chi connectivity index (χ3v) is 6.66. The Morgan fingerprint density at radius 2 is 2.03 bits per heavy atom. The first-order chi connectivity index (χ1) is 13.9. The van der Waals surface area contributed by atoms with Crippen LogP contribution in [0.5, 0.6) is 0 Å². The molecule has 1 aromatic rings. The molecule has 162 valence electrons.